The fourth-order valence-corrected chi connectivity index (χ4v) is 3.24. The third-order valence-corrected chi connectivity index (χ3v) is 4.69. The molecule has 1 fully saturated rings. The molecule has 0 N–H and O–H groups in total. The molecular formula is C19H18ClNO2. The fraction of sp³-hybridized carbons (Fsp3) is 0.263. The normalized spacial score (nSPS) is 17.9. The summed E-state index contributed by atoms with van der Waals surface area (Å²) in [6, 6.07) is 13.3. The fourth-order valence-electron chi connectivity index (χ4n) is 3.07. The summed E-state index contributed by atoms with van der Waals surface area (Å²) in [5, 5.41) is 0.560. The van der Waals surface area contributed by atoms with Gasteiger partial charge in [0.2, 0.25) is 11.8 Å². The summed E-state index contributed by atoms with van der Waals surface area (Å²) < 4.78 is 0. The first-order valence-corrected chi connectivity index (χ1v) is 8.02. The Morgan fingerprint density at radius 3 is 2.61 bits per heavy atom. The second-order valence-electron chi connectivity index (χ2n) is 6.05. The van der Waals surface area contributed by atoms with Gasteiger partial charge in [-0.2, -0.15) is 0 Å². The second-order valence-corrected chi connectivity index (χ2v) is 6.45. The summed E-state index contributed by atoms with van der Waals surface area (Å²) in [4.78, 5) is 26.4. The molecule has 0 radical (unpaired) electrons. The minimum atomic E-state index is -0.303. The van der Waals surface area contributed by atoms with Crippen LogP contribution in [0.15, 0.2) is 42.5 Å². The highest BCUT2D eigenvalue weighted by atomic mass is 35.5. The van der Waals surface area contributed by atoms with Gasteiger partial charge in [-0.15, -0.1) is 0 Å². The predicted molar refractivity (Wildman–Crippen MR) is 91.7 cm³/mol. The summed E-state index contributed by atoms with van der Waals surface area (Å²) >= 11 is 6.12. The number of benzene rings is 2. The van der Waals surface area contributed by atoms with Gasteiger partial charge in [0.25, 0.3) is 0 Å². The van der Waals surface area contributed by atoms with E-state index >= 15 is 0 Å². The van der Waals surface area contributed by atoms with Crippen LogP contribution in [0, 0.1) is 19.8 Å². The number of carbonyl (C=O) groups excluding carboxylic acids is 2. The molecule has 4 heteroatoms. The molecule has 1 aliphatic rings. The Morgan fingerprint density at radius 2 is 1.87 bits per heavy atom. The van der Waals surface area contributed by atoms with Crippen molar-refractivity contribution in [3.05, 3.63) is 64.2 Å². The highest BCUT2D eigenvalue weighted by Gasteiger charge is 2.40. The molecule has 0 aliphatic carbocycles. The monoisotopic (exact) mass is 327 g/mol. The molecule has 1 unspecified atom stereocenters. The first kappa shape index (κ1) is 15.8. The minimum absolute atomic E-state index is 0.137. The number of hydrogen-bond acceptors (Lipinski definition) is 2. The van der Waals surface area contributed by atoms with Crippen LogP contribution in [-0.2, 0) is 16.0 Å². The van der Waals surface area contributed by atoms with Crippen molar-refractivity contribution in [3.8, 4) is 0 Å². The molecule has 3 rings (SSSR count). The van der Waals surface area contributed by atoms with Crippen molar-refractivity contribution in [2.75, 3.05) is 4.90 Å². The largest absolute Gasteiger partial charge is 0.274 e. The van der Waals surface area contributed by atoms with E-state index in [4.69, 9.17) is 11.6 Å². The summed E-state index contributed by atoms with van der Waals surface area (Å²) in [6.45, 7) is 3.85. The third kappa shape index (κ3) is 3.02. The van der Waals surface area contributed by atoms with Gasteiger partial charge in [0.15, 0.2) is 0 Å². The van der Waals surface area contributed by atoms with Gasteiger partial charge in [-0.1, -0.05) is 47.5 Å². The maximum absolute atomic E-state index is 12.7. The molecule has 23 heavy (non-hydrogen) atoms. The Morgan fingerprint density at radius 1 is 1.13 bits per heavy atom. The van der Waals surface area contributed by atoms with Crippen LogP contribution in [0.5, 0.6) is 0 Å². The number of halogens is 1. The third-order valence-electron chi connectivity index (χ3n) is 4.28. The maximum Gasteiger partial charge on any atom is 0.237 e. The quantitative estimate of drug-likeness (QED) is 0.797. The molecule has 0 saturated carbocycles. The summed E-state index contributed by atoms with van der Waals surface area (Å²) in [5.41, 5.74) is 3.59. The van der Waals surface area contributed by atoms with E-state index in [1.807, 2.05) is 32.0 Å². The van der Waals surface area contributed by atoms with E-state index < -0.39 is 0 Å². The number of carbonyl (C=O) groups is 2. The van der Waals surface area contributed by atoms with Crippen LogP contribution >= 0.6 is 11.6 Å². The first-order chi connectivity index (χ1) is 11.0. The number of aryl methyl sites for hydroxylation is 1. The smallest absolute Gasteiger partial charge is 0.237 e. The van der Waals surface area contributed by atoms with Gasteiger partial charge in [-0.05, 0) is 43.5 Å². The Balaban J connectivity index is 1.87. The SMILES string of the molecule is Cc1cccc(CC2CC(=O)N(c3cccc(Cl)c3C)C2=O)c1. The lowest BCUT2D eigenvalue weighted by Crippen LogP contribution is -2.31. The molecular weight excluding hydrogens is 310 g/mol. The first-order valence-electron chi connectivity index (χ1n) is 7.65. The van der Waals surface area contributed by atoms with E-state index in [0.29, 0.717) is 17.1 Å². The summed E-state index contributed by atoms with van der Waals surface area (Å²) in [6.07, 6.45) is 0.834. The number of anilines is 1. The van der Waals surface area contributed by atoms with Gasteiger partial charge in [-0.25, -0.2) is 4.90 Å². The van der Waals surface area contributed by atoms with Gasteiger partial charge in [0, 0.05) is 11.4 Å². The molecule has 1 aliphatic heterocycles. The van der Waals surface area contributed by atoms with Crippen LogP contribution in [0.1, 0.15) is 23.1 Å². The zero-order chi connectivity index (χ0) is 16.6. The van der Waals surface area contributed by atoms with E-state index in [0.717, 1.165) is 16.7 Å². The molecule has 2 aromatic carbocycles. The van der Waals surface area contributed by atoms with Crippen LogP contribution in [-0.4, -0.2) is 11.8 Å². The van der Waals surface area contributed by atoms with Crippen LogP contribution in [0.4, 0.5) is 5.69 Å². The molecule has 1 saturated heterocycles. The summed E-state index contributed by atoms with van der Waals surface area (Å²) in [5.74, 6) is -0.595. The van der Waals surface area contributed by atoms with E-state index in [2.05, 4.69) is 6.07 Å². The maximum atomic E-state index is 12.7. The van der Waals surface area contributed by atoms with Gasteiger partial charge >= 0.3 is 0 Å². The van der Waals surface area contributed by atoms with E-state index in [1.165, 1.54) is 4.90 Å². The van der Waals surface area contributed by atoms with E-state index in [-0.39, 0.29) is 24.2 Å². The Kier molecular flexibility index (Phi) is 4.22. The van der Waals surface area contributed by atoms with Gasteiger partial charge in [-0.3, -0.25) is 9.59 Å². The molecule has 118 valence electrons. The topological polar surface area (TPSA) is 37.4 Å². The highest BCUT2D eigenvalue weighted by molar-refractivity contribution is 6.32. The number of amides is 2. The van der Waals surface area contributed by atoms with Crippen molar-refractivity contribution in [2.45, 2.75) is 26.7 Å². The van der Waals surface area contributed by atoms with Crippen LogP contribution in [0.25, 0.3) is 0 Å². The lowest BCUT2D eigenvalue weighted by atomic mass is 9.97. The Labute approximate surface area is 140 Å². The zero-order valence-corrected chi connectivity index (χ0v) is 13.9. The average molecular weight is 328 g/mol. The molecule has 0 aromatic heterocycles. The van der Waals surface area contributed by atoms with Crippen molar-refractivity contribution < 1.29 is 9.59 Å². The summed E-state index contributed by atoms with van der Waals surface area (Å²) in [7, 11) is 0. The Bertz CT molecular complexity index is 785. The highest BCUT2D eigenvalue weighted by Crippen LogP contribution is 2.33. The predicted octanol–water partition coefficient (Wildman–Crippen LogP) is 4.08. The average Bonchev–Trinajstić information content (AvgIpc) is 2.77. The molecule has 3 nitrogen and oxygen atoms in total. The van der Waals surface area contributed by atoms with Crippen LogP contribution < -0.4 is 4.90 Å². The molecule has 1 heterocycles. The molecule has 0 spiro atoms. The lowest BCUT2D eigenvalue weighted by Gasteiger charge is -2.18. The van der Waals surface area contributed by atoms with E-state index in [1.54, 1.807) is 18.2 Å². The van der Waals surface area contributed by atoms with Gasteiger partial charge < -0.3 is 0 Å². The number of rotatable bonds is 3. The molecule has 1 atom stereocenters. The van der Waals surface area contributed by atoms with Crippen LogP contribution in [0.3, 0.4) is 0 Å². The lowest BCUT2D eigenvalue weighted by molar-refractivity contribution is -0.122. The van der Waals surface area contributed by atoms with Crippen LogP contribution in [0.2, 0.25) is 5.02 Å². The van der Waals surface area contributed by atoms with Gasteiger partial charge in [0.1, 0.15) is 0 Å². The molecule has 0 bridgehead atoms. The molecule has 2 aromatic rings. The van der Waals surface area contributed by atoms with E-state index in [9.17, 15) is 9.59 Å². The second kappa shape index (κ2) is 6.17. The van der Waals surface area contributed by atoms with Crippen molar-refractivity contribution in [1.82, 2.24) is 0 Å². The number of imide groups is 1. The van der Waals surface area contributed by atoms with Crippen molar-refractivity contribution >= 4 is 29.1 Å². The van der Waals surface area contributed by atoms with Crippen molar-refractivity contribution in [3.63, 3.8) is 0 Å². The molecule has 2 amide bonds. The standard InChI is InChI=1S/C19H18ClNO2/c1-12-5-3-6-14(9-12)10-15-11-18(22)21(19(15)23)17-8-4-7-16(20)13(17)2/h3-9,15H,10-11H2,1-2H3. The number of hydrogen-bond donors (Lipinski definition) is 0. The number of nitrogens with zero attached hydrogens (tertiary/aromatic N) is 1. The zero-order valence-electron chi connectivity index (χ0n) is 13.2. The van der Waals surface area contributed by atoms with Crippen molar-refractivity contribution in [1.29, 1.82) is 0 Å². The van der Waals surface area contributed by atoms with Gasteiger partial charge in [0.05, 0.1) is 11.6 Å². The minimum Gasteiger partial charge on any atom is -0.274 e. The Hall–Kier alpha value is -2.13. The van der Waals surface area contributed by atoms with Crippen molar-refractivity contribution in [2.24, 2.45) is 5.92 Å².